The molecule has 2 N–H and O–H groups in total. The number of rotatable bonds is 9. The van der Waals surface area contributed by atoms with Gasteiger partial charge in [-0.3, -0.25) is 4.79 Å². The Kier molecular flexibility index (Phi) is 7.41. The van der Waals surface area contributed by atoms with Gasteiger partial charge in [0.25, 0.3) is 0 Å². The quantitative estimate of drug-likeness (QED) is 0.309. The van der Waals surface area contributed by atoms with Crippen LogP contribution >= 0.6 is 34.7 Å². The SMILES string of the molecule is CCn1c(CNc2ccc(Cl)cc2)nnc1SCC(=O)Nc1nc(-c2ccccc2)cs1. The van der Waals surface area contributed by atoms with Gasteiger partial charge < -0.3 is 15.2 Å². The molecular formula is C22H21ClN6OS2. The molecule has 32 heavy (non-hydrogen) atoms. The monoisotopic (exact) mass is 484 g/mol. The van der Waals surface area contributed by atoms with Crippen LogP contribution in [0.1, 0.15) is 12.7 Å². The maximum atomic E-state index is 12.4. The van der Waals surface area contributed by atoms with E-state index < -0.39 is 0 Å². The Morgan fingerprint density at radius 3 is 2.66 bits per heavy atom. The zero-order valence-electron chi connectivity index (χ0n) is 17.3. The van der Waals surface area contributed by atoms with Gasteiger partial charge in [0.2, 0.25) is 5.91 Å². The van der Waals surface area contributed by atoms with Gasteiger partial charge in [0.15, 0.2) is 16.1 Å². The van der Waals surface area contributed by atoms with E-state index in [0.717, 1.165) is 22.8 Å². The second-order valence-electron chi connectivity index (χ2n) is 6.74. The van der Waals surface area contributed by atoms with Crippen molar-refractivity contribution in [3.05, 3.63) is 70.8 Å². The van der Waals surface area contributed by atoms with Crippen molar-refractivity contribution in [2.24, 2.45) is 0 Å². The smallest absolute Gasteiger partial charge is 0.236 e. The van der Waals surface area contributed by atoms with E-state index >= 15 is 0 Å². The van der Waals surface area contributed by atoms with Gasteiger partial charge in [0.05, 0.1) is 18.0 Å². The number of amides is 1. The minimum atomic E-state index is -0.129. The van der Waals surface area contributed by atoms with Crippen molar-refractivity contribution in [2.75, 3.05) is 16.4 Å². The number of aromatic nitrogens is 4. The van der Waals surface area contributed by atoms with Crippen LogP contribution in [0.2, 0.25) is 5.02 Å². The van der Waals surface area contributed by atoms with E-state index in [2.05, 4.69) is 25.8 Å². The molecule has 1 amide bonds. The summed E-state index contributed by atoms with van der Waals surface area (Å²) in [5, 5.41) is 18.6. The largest absolute Gasteiger partial charge is 0.378 e. The number of carbonyl (C=O) groups excluding carboxylic acids is 1. The lowest BCUT2D eigenvalue weighted by atomic mass is 10.2. The van der Waals surface area contributed by atoms with Gasteiger partial charge in [0.1, 0.15) is 0 Å². The van der Waals surface area contributed by atoms with Crippen LogP contribution in [0.3, 0.4) is 0 Å². The molecule has 2 heterocycles. The maximum absolute atomic E-state index is 12.4. The first-order valence-corrected chi connectivity index (χ1v) is 12.2. The molecule has 0 spiro atoms. The minimum absolute atomic E-state index is 0.129. The van der Waals surface area contributed by atoms with Crippen LogP contribution in [0.25, 0.3) is 11.3 Å². The molecule has 4 rings (SSSR count). The maximum Gasteiger partial charge on any atom is 0.236 e. The van der Waals surface area contributed by atoms with Crippen LogP contribution in [-0.2, 0) is 17.9 Å². The summed E-state index contributed by atoms with van der Waals surface area (Å²) in [6.07, 6.45) is 0. The Hall–Kier alpha value is -2.88. The first-order chi connectivity index (χ1) is 15.6. The van der Waals surface area contributed by atoms with Crippen LogP contribution in [-0.4, -0.2) is 31.4 Å². The second-order valence-corrected chi connectivity index (χ2v) is 8.98. The van der Waals surface area contributed by atoms with Gasteiger partial charge in [-0.2, -0.15) is 0 Å². The summed E-state index contributed by atoms with van der Waals surface area (Å²) in [5.41, 5.74) is 2.82. The third-order valence-electron chi connectivity index (χ3n) is 4.56. The van der Waals surface area contributed by atoms with E-state index in [0.29, 0.717) is 28.4 Å². The predicted octanol–water partition coefficient (Wildman–Crippen LogP) is 5.42. The van der Waals surface area contributed by atoms with E-state index in [4.69, 9.17) is 11.6 Å². The van der Waals surface area contributed by atoms with Gasteiger partial charge in [-0.05, 0) is 31.2 Å². The van der Waals surface area contributed by atoms with Gasteiger partial charge in [-0.15, -0.1) is 21.5 Å². The van der Waals surface area contributed by atoms with Crippen molar-refractivity contribution in [3.8, 4) is 11.3 Å². The molecule has 10 heteroatoms. The number of benzene rings is 2. The minimum Gasteiger partial charge on any atom is -0.378 e. The van der Waals surface area contributed by atoms with Gasteiger partial charge in [-0.1, -0.05) is 53.7 Å². The summed E-state index contributed by atoms with van der Waals surface area (Å²) in [7, 11) is 0. The molecule has 7 nitrogen and oxygen atoms in total. The Bertz CT molecular complexity index is 1180. The van der Waals surface area contributed by atoms with Gasteiger partial charge in [0, 0.05) is 28.2 Å². The van der Waals surface area contributed by atoms with E-state index in [1.807, 2.05) is 71.5 Å². The number of carbonyl (C=O) groups is 1. The lowest BCUT2D eigenvalue weighted by Crippen LogP contribution is -2.15. The average Bonchev–Trinajstić information content (AvgIpc) is 3.44. The molecule has 0 aliphatic rings. The molecule has 164 valence electrons. The van der Waals surface area contributed by atoms with Crippen molar-refractivity contribution in [3.63, 3.8) is 0 Å². The predicted molar refractivity (Wildman–Crippen MR) is 131 cm³/mol. The molecule has 0 unspecified atom stereocenters. The Labute approximate surface area is 199 Å². The van der Waals surface area contributed by atoms with Crippen LogP contribution < -0.4 is 10.6 Å². The Balaban J connectivity index is 1.32. The third-order valence-corrected chi connectivity index (χ3v) is 6.53. The lowest BCUT2D eigenvalue weighted by Gasteiger charge is -2.09. The van der Waals surface area contributed by atoms with Crippen LogP contribution in [0.15, 0.2) is 65.1 Å². The number of hydrogen-bond donors (Lipinski definition) is 2. The molecule has 0 aliphatic heterocycles. The van der Waals surface area contributed by atoms with Gasteiger partial charge in [-0.25, -0.2) is 4.98 Å². The number of thiazole rings is 1. The fourth-order valence-corrected chi connectivity index (χ4v) is 4.66. The van der Waals surface area contributed by atoms with Crippen LogP contribution in [0.5, 0.6) is 0 Å². The van der Waals surface area contributed by atoms with Crippen molar-refractivity contribution < 1.29 is 4.79 Å². The molecule has 0 radical (unpaired) electrons. The zero-order chi connectivity index (χ0) is 22.3. The standard InChI is InChI=1S/C22H21ClN6OS2/c1-2-29-19(12-24-17-10-8-16(23)9-11-17)27-28-22(29)32-14-20(30)26-21-25-18(13-31-21)15-6-4-3-5-7-15/h3-11,13,24H,2,12,14H2,1H3,(H,25,26,30). The summed E-state index contributed by atoms with van der Waals surface area (Å²) in [6.45, 7) is 3.26. The van der Waals surface area contributed by atoms with Crippen LogP contribution in [0, 0.1) is 0 Å². The normalized spacial score (nSPS) is 10.8. The summed E-state index contributed by atoms with van der Waals surface area (Å²) in [6, 6.07) is 17.4. The highest BCUT2D eigenvalue weighted by Crippen LogP contribution is 2.25. The molecular weight excluding hydrogens is 464 g/mol. The Morgan fingerprint density at radius 2 is 1.91 bits per heavy atom. The molecule has 2 aromatic heterocycles. The first-order valence-electron chi connectivity index (χ1n) is 9.97. The fourth-order valence-electron chi connectivity index (χ4n) is 2.98. The van der Waals surface area contributed by atoms with E-state index in [1.165, 1.54) is 23.1 Å². The van der Waals surface area contributed by atoms with Crippen molar-refractivity contribution >= 4 is 51.4 Å². The number of thioether (sulfide) groups is 1. The Morgan fingerprint density at radius 1 is 1.12 bits per heavy atom. The average molecular weight is 485 g/mol. The molecule has 4 aromatic rings. The number of anilines is 2. The number of hydrogen-bond acceptors (Lipinski definition) is 7. The molecule has 0 atom stereocenters. The fraction of sp³-hybridized carbons (Fsp3) is 0.182. The lowest BCUT2D eigenvalue weighted by molar-refractivity contribution is -0.113. The number of nitrogens with zero attached hydrogens (tertiary/aromatic N) is 4. The number of nitrogens with one attached hydrogen (secondary N) is 2. The number of halogens is 1. The summed E-state index contributed by atoms with van der Waals surface area (Å²) in [5.74, 6) is 0.899. The molecule has 2 aromatic carbocycles. The second kappa shape index (κ2) is 10.6. The van der Waals surface area contributed by atoms with E-state index in [9.17, 15) is 4.79 Å². The summed E-state index contributed by atoms with van der Waals surface area (Å²) < 4.78 is 2.00. The summed E-state index contributed by atoms with van der Waals surface area (Å²) >= 11 is 8.69. The zero-order valence-corrected chi connectivity index (χ0v) is 19.7. The third kappa shape index (κ3) is 5.67. The molecule has 0 fully saturated rings. The van der Waals surface area contributed by atoms with Crippen molar-refractivity contribution in [1.29, 1.82) is 0 Å². The van der Waals surface area contributed by atoms with Crippen molar-refractivity contribution in [2.45, 2.75) is 25.2 Å². The highest BCUT2D eigenvalue weighted by molar-refractivity contribution is 7.99. The first kappa shape index (κ1) is 22.3. The van der Waals surface area contributed by atoms with Gasteiger partial charge >= 0.3 is 0 Å². The topological polar surface area (TPSA) is 84.7 Å². The molecule has 0 saturated heterocycles. The van der Waals surface area contributed by atoms with Crippen LogP contribution in [0.4, 0.5) is 10.8 Å². The molecule has 0 saturated carbocycles. The highest BCUT2D eigenvalue weighted by Gasteiger charge is 2.14. The molecule has 0 aliphatic carbocycles. The van der Waals surface area contributed by atoms with E-state index in [1.54, 1.807) is 0 Å². The summed E-state index contributed by atoms with van der Waals surface area (Å²) in [4.78, 5) is 16.9. The molecule has 0 bridgehead atoms. The van der Waals surface area contributed by atoms with Crippen molar-refractivity contribution in [1.82, 2.24) is 19.7 Å². The highest BCUT2D eigenvalue weighted by atomic mass is 35.5. The van der Waals surface area contributed by atoms with E-state index in [-0.39, 0.29) is 11.7 Å².